The summed E-state index contributed by atoms with van der Waals surface area (Å²) in [5.74, 6) is 0.188. The Morgan fingerprint density at radius 3 is 1.17 bits per heavy atom. The van der Waals surface area contributed by atoms with E-state index in [1.807, 2.05) is 0 Å². The first-order valence-corrected chi connectivity index (χ1v) is 14.3. The van der Waals surface area contributed by atoms with E-state index in [0.717, 1.165) is 24.3 Å². The number of nitrogens with zero attached hydrogens (tertiary/aromatic N) is 2. The molecule has 0 spiro atoms. The van der Waals surface area contributed by atoms with Crippen molar-refractivity contribution in [1.82, 2.24) is 19.7 Å². The highest BCUT2D eigenvalue weighted by molar-refractivity contribution is 7.90. The van der Waals surface area contributed by atoms with Gasteiger partial charge in [0.15, 0.2) is 0 Å². The molecule has 224 valence electrons. The van der Waals surface area contributed by atoms with E-state index in [1.165, 1.54) is 52.0 Å². The van der Waals surface area contributed by atoms with Gasteiger partial charge >= 0.3 is 24.2 Å². The van der Waals surface area contributed by atoms with Crippen molar-refractivity contribution in [2.45, 2.75) is 49.7 Å². The minimum absolute atomic E-state index is 0.0440. The average Bonchev–Trinajstić information content (AvgIpc) is 2.85. The molecule has 2 aromatic carbocycles. The number of ether oxygens (including phenoxy) is 3. The summed E-state index contributed by atoms with van der Waals surface area (Å²) < 4.78 is 66.8. The predicted molar refractivity (Wildman–Crippen MR) is 140 cm³/mol. The Kier molecular flexibility index (Phi) is 10.3. The average molecular weight is 617 g/mol. The van der Waals surface area contributed by atoms with E-state index in [-0.39, 0.29) is 20.3 Å². The number of primary amides is 2. The number of benzene rings is 2. The lowest BCUT2D eigenvalue weighted by atomic mass is 10.3. The van der Waals surface area contributed by atoms with E-state index in [4.69, 9.17) is 25.7 Å². The molecule has 2 aromatic rings. The zero-order valence-corrected chi connectivity index (χ0v) is 23.8. The number of nitrogens with one attached hydrogen (secondary N) is 2. The van der Waals surface area contributed by atoms with Crippen molar-refractivity contribution in [3.05, 3.63) is 48.5 Å². The maximum absolute atomic E-state index is 12.9. The van der Waals surface area contributed by atoms with Gasteiger partial charge in [0.1, 0.15) is 11.5 Å². The Morgan fingerprint density at radius 2 is 0.927 bits per heavy atom. The summed E-state index contributed by atoms with van der Waals surface area (Å²) >= 11 is 0. The minimum atomic E-state index is -4.64. The first kappa shape index (κ1) is 32.4. The molecular weight excluding hydrogens is 588 g/mol. The lowest BCUT2D eigenvalue weighted by Gasteiger charge is -2.22. The van der Waals surface area contributed by atoms with E-state index < -0.39 is 66.3 Å². The van der Waals surface area contributed by atoms with Crippen LogP contribution in [0.1, 0.15) is 27.7 Å². The van der Waals surface area contributed by atoms with Crippen LogP contribution in [0.2, 0.25) is 0 Å². The molecule has 2 rings (SSSR count). The van der Waals surface area contributed by atoms with Crippen molar-refractivity contribution >= 4 is 44.3 Å². The largest absolute Gasteiger partial charge is 0.457 e. The number of carbonyl (C=O) groups is 4. The fourth-order valence-corrected chi connectivity index (χ4v) is 5.09. The van der Waals surface area contributed by atoms with Gasteiger partial charge in [-0.25, -0.2) is 30.0 Å². The molecule has 6 amide bonds. The molecule has 0 aliphatic rings. The van der Waals surface area contributed by atoms with Gasteiger partial charge in [-0.2, -0.15) is 16.8 Å². The van der Waals surface area contributed by atoms with Crippen LogP contribution in [0.4, 0.5) is 19.2 Å². The van der Waals surface area contributed by atoms with Crippen LogP contribution in [-0.2, 0) is 29.5 Å². The van der Waals surface area contributed by atoms with Crippen LogP contribution in [0, 0.1) is 0 Å². The van der Waals surface area contributed by atoms with Crippen molar-refractivity contribution in [3.8, 4) is 11.5 Å². The van der Waals surface area contributed by atoms with Crippen molar-refractivity contribution in [3.63, 3.8) is 0 Å². The number of sulfonamides is 2. The van der Waals surface area contributed by atoms with E-state index in [0.29, 0.717) is 0 Å². The van der Waals surface area contributed by atoms with Crippen LogP contribution in [0.25, 0.3) is 0 Å². The van der Waals surface area contributed by atoms with Crippen molar-refractivity contribution in [2.24, 2.45) is 11.5 Å². The summed E-state index contributed by atoms with van der Waals surface area (Å²) in [5.41, 5.74) is 13.4. The van der Waals surface area contributed by atoms with Crippen LogP contribution >= 0.6 is 0 Å². The summed E-state index contributed by atoms with van der Waals surface area (Å²) in [6.07, 6.45) is -4.20. The third-order valence-corrected chi connectivity index (χ3v) is 7.57. The third kappa shape index (κ3) is 8.60. The van der Waals surface area contributed by atoms with Gasteiger partial charge in [0.25, 0.3) is 20.0 Å². The summed E-state index contributed by atoms with van der Waals surface area (Å²) in [7, 11) is -9.28. The highest BCUT2D eigenvalue weighted by Crippen LogP contribution is 2.26. The minimum Gasteiger partial charge on any atom is -0.457 e. The molecule has 0 aromatic heterocycles. The summed E-state index contributed by atoms with van der Waals surface area (Å²) in [6.45, 7) is 5.87. The van der Waals surface area contributed by atoms with Crippen molar-refractivity contribution in [1.29, 1.82) is 0 Å². The SMILES string of the molecule is CC(C)OC(=O)N(NC(N)=O)S(=O)(=O)c1ccc(Oc2ccc(S(=O)(=O)N(NC(N)=O)C(=O)OC(C)C)cc2)cc1. The Hall–Kier alpha value is -4.78. The standard InChI is InChI=1S/C22H28N6O11S2/c1-13(2)37-21(31)27(25-19(23)29)40(33,34)17-9-5-15(6-10-17)39-16-7-11-18(12-8-16)41(35,36)28(26-20(24)30)22(32)38-14(3)4/h5-14H,1-4H3,(H3,23,25,29)(H3,24,26,30). The molecule has 0 radical (unpaired) electrons. The lowest BCUT2D eigenvalue weighted by molar-refractivity contribution is 0.0885. The van der Waals surface area contributed by atoms with Crippen LogP contribution in [0.15, 0.2) is 58.3 Å². The highest BCUT2D eigenvalue weighted by Gasteiger charge is 2.34. The van der Waals surface area contributed by atoms with Gasteiger partial charge in [0.2, 0.25) is 0 Å². The van der Waals surface area contributed by atoms with E-state index >= 15 is 0 Å². The fourth-order valence-electron chi connectivity index (χ4n) is 2.81. The molecular formula is C22H28N6O11S2. The van der Waals surface area contributed by atoms with Crippen LogP contribution in [0.3, 0.4) is 0 Å². The topological polar surface area (TPSA) is 247 Å². The molecule has 19 heteroatoms. The maximum Gasteiger partial charge on any atom is 0.443 e. The third-order valence-electron chi connectivity index (χ3n) is 4.39. The van der Waals surface area contributed by atoms with Crippen LogP contribution in [0.5, 0.6) is 11.5 Å². The van der Waals surface area contributed by atoms with Crippen LogP contribution < -0.4 is 27.1 Å². The predicted octanol–water partition coefficient (Wildman–Crippen LogP) is 1.72. The molecule has 0 unspecified atom stereocenters. The number of amides is 6. The number of nitrogens with two attached hydrogens (primary N) is 2. The van der Waals surface area contributed by atoms with Crippen LogP contribution in [-0.4, -0.2) is 62.1 Å². The monoisotopic (exact) mass is 616 g/mol. The van der Waals surface area contributed by atoms with E-state index in [1.54, 1.807) is 10.9 Å². The Labute approximate surface area is 235 Å². The normalized spacial score (nSPS) is 11.4. The molecule has 6 N–H and O–H groups in total. The molecule has 0 atom stereocenters. The summed E-state index contributed by atoms with van der Waals surface area (Å²) in [6, 6.07) is 6.47. The first-order chi connectivity index (χ1) is 18.9. The second-order valence-electron chi connectivity index (χ2n) is 8.40. The second-order valence-corrected chi connectivity index (χ2v) is 12.0. The quantitative estimate of drug-likeness (QED) is 0.311. The summed E-state index contributed by atoms with van der Waals surface area (Å²) in [4.78, 5) is 46.1. The Bertz CT molecular complexity index is 1380. The molecule has 0 saturated heterocycles. The van der Waals surface area contributed by atoms with Gasteiger partial charge in [-0.1, -0.05) is 0 Å². The highest BCUT2D eigenvalue weighted by atomic mass is 32.2. The van der Waals surface area contributed by atoms with Gasteiger partial charge < -0.3 is 25.7 Å². The number of hydrogen-bond acceptors (Lipinski definition) is 11. The van der Waals surface area contributed by atoms with Gasteiger partial charge in [-0.15, -0.1) is 8.83 Å². The molecule has 0 aliphatic carbocycles. The van der Waals surface area contributed by atoms with Crippen molar-refractivity contribution < 1.29 is 50.2 Å². The van der Waals surface area contributed by atoms with Gasteiger partial charge in [-0.05, 0) is 76.2 Å². The lowest BCUT2D eigenvalue weighted by Crippen LogP contribution is -2.52. The first-order valence-electron chi connectivity index (χ1n) is 11.5. The molecule has 0 saturated carbocycles. The van der Waals surface area contributed by atoms with Gasteiger partial charge in [0, 0.05) is 0 Å². The maximum atomic E-state index is 12.9. The van der Waals surface area contributed by atoms with E-state index in [9.17, 15) is 36.0 Å². The van der Waals surface area contributed by atoms with Gasteiger partial charge in [-0.3, -0.25) is 0 Å². The van der Waals surface area contributed by atoms with E-state index in [2.05, 4.69) is 0 Å². The number of rotatable bonds is 8. The Balaban J connectivity index is 2.27. The fraction of sp³-hybridized carbons (Fsp3) is 0.273. The molecule has 0 aliphatic heterocycles. The zero-order chi connectivity index (χ0) is 31.1. The van der Waals surface area contributed by atoms with Gasteiger partial charge in [0.05, 0.1) is 22.0 Å². The number of carbonyl (C=O) groups excluding carboxylic acids is 4. The Morgan fingerprint density at radius 1 is 0.634 bits per heavy atom. The molecule has 0 bridgehead atoms. The smallest absolute Gasteiger partial charge is 0.443 e. The number of urea groups is 2. The molecule has 17 nitrogen and oxygen atoms in total. The molecule has 0 heterocycles. The molecule has 41 heavy (non-hydrogen) atoms. The number of hydrazine groups is 2. The summed E-state index contributed by atoms with van der Waals surface area (Å²) in [5, 5.41) is 0. The zero-order valence-electron chi connectivity index (χ0n) is 22.1. The second kappa shape index (κ2) is 13.0. The molecule has 0 fully saturated rings. The number of hydrogen-bond donors (Lipinski definition) is 4. The van der Waals surface area contributed by atoms with Crippen molar-refractivity contribution in [2.75, 3.05) is 0 Å².